The normalized spacial score (nSPS) is 33.7. The zero-order valence-corrected chi connectivity index (χ0v) is 27.2. The minimum atomic E-state index is -2.04. The second-order valence-corrected chi connectivity index (χ2v) is 18.4. The lowest BCUT2D eigenvalue weighted by molar-refractivity contribution is -0.159. The monoisotopic (exact) mass is 646 g/mol. The van der Waals surface area contributed by atoms with Gasteiger partial charge in [-0.15, -0.1) is 0 Å². The molecular weight excluding hydrogens is 595 g/mol. The minimum Gasteiger partial charge on any atom is -0.458 e. The van der Waals surface area contributed by atoms with E-state index in [4.69, 9.17) is 18.6 Å². The van der Waals surface area contributed by atoms with Crippen LogP contribution in [0, 0.1) is 0 Å². The van der Waals surface area contributed by atoms with Gasteiger partial charge in [0.15, 0.2) is 0 Å². The Morgan fingerprint density at radius 1 is 0.892 bits per heavy atom. The average Bonchev–Trinajstić information content (AvgIpc) is 2.81. The van der Waals surface area contributed by atoms with Crippen molar-refractivity contribution in [2.45, 2.75) is 159 Å². The first-order chi connectivity index (χ1) is 17.6. The number of esters is 1. The summed E-state index contributed by atoms with van der Waals surface area (Å²) in [7, 11) is -2.04. The van der Waals surface area contributed by atoms with Gasteiger partial charge in [-0.25, -0.2) is 0 Å². The molecule has 2 saturated heterocycles. The van der Waals surface area contributed by atoms with Crippen LogP contribution in [0.4, 0.5) is 0 Å². The van der Waals surface area contributed by atoms with Crippen molar-refractivity contribution in [1.29, 1.82) is 0 Å². The van der Waals surface area contributed by atoms with Crippen LogP contribution in [0.3, 0.4) is 0 Å². The highest BCUT2D eigenvalue weighted by Gasteiger charge is 2.48. The van der Waals surface area contributed by atoms with Crippen LogP contribution in [0.1, 0.15) is 106 Å². The van der Waals surface area contributed by atoms with E-state index in [-0.39, 0.29) is 42.9 Å². The Kier molecular flexibility index (Phi) is 12.7. The second-order valence-electron chi connectivity index (χ2n) is 12.3. The van der Waals surface area contributed by atoms with E-state index >= 15 is 0 Å². The summed E-state index contributed by atoms with van der Waals surface area (Å²) >= 11 is 2.19. The van der Waals surface area contributed by atoms with Crippen molar-refractivity contribution in [1.82, 2.24) is 0 Å². The number of cyclic esters (lactones) is 1. The maximum Gasteiger partial charge on any atom is 0.309 e. The molecule has 0 aliphatic carbocycles. The van der Waals surface area contributed by atoms with Gasteiger partial charge in [-0.1, -0.05) is 76.3 Å². The largest absolute Gasteiger partial charge is 0.458 e. The standard InChI is InChI=1S/C30H51IO5Si/c1-21(2)37(22(3)4,23(5)6)36-29-18-27-17-26-14-10-13-24(33-26)11-8-7-9-12-25(15-16-31)35-30(32)20-28(19-29)34-27/h7,9,15-16,21-29H,8,10-14,17-20H2,1-6H3/b9-7+,16-15+/t24-,25+,26-,27-,28-,29+/m0/s1. The fourth-order valence-corrected chi connectivity index (χ4v) is 13.1. The molecule has 0 aromatic carbocycles. The summed E-state index contributed by atoms with van der Waals surface area (Å²) < 4.78 is 28.2. The number of carbonyl (C=O) groups is 1. The van der Waals surface area contributed by atoms with E-state index < -0.39 is 8.32 Å². The summed E-state index contributed by atoms with van der Waals surface area (Å²) in [4.78, 5) is 13.0. The van der Waals surface area contributed by atoms with E-state index in [1.54, 1.807) is 0 Å². The Hall–Kier alpha value is -0.223. The van der Waals surface area contributed by atoms with Crippen LogP contribution in [0.15, 0.2) is 22.3 Å². The number of rotatable bonds is 6. The van der Waals surface area contributed by atoms with Crippen LogP contribution < -0.4 is 0 Å². The smallest absolute Gasteiger partial charge is 0.309 e. The van der Waals surface area contributed by atoms with Gasteiger partial charge < -0.3 is 18.6 Å². The Bertz CT molecular complexity index is 745. The molecule has 0 aromatic heterocycles. The van der Waals surface area contributed by atoms with Gasteiger partial charge in [0.1, 0.15) is 6.10 Å². The molecule has 0 amide bonds. The van der Waals surface area contributed by atoms with Crippen molar-refractivity contribution in [3.05, 3.63) is 22.3 Å². The Balaban J connectivity index is 1.83. The summed E-state index contributed by atoms with van der Waals surface area (Å²) in [5, 5.41) is 0. The van der Waals surface area contributed by atoms with Crippen LogP contribution in [-0.2, 0) is 23.4 Å². The van der Waals surface area contributed by atoms with Crippen molar-refractivity contribution in [3.63, 3.8) is 0 Å². The maximum absolute atomic E-state index is 13.0. The highest BCUT2D eigenvalue weighted by atomic mass is 127. The molecule has 37 heavy (non-hydrogen) atoms. The van der Waals surface area contributed by atoms with Crippen molar-refractivity contribution in [3.8, 4) is 0 Å². The number of carbonyl (C=O) groups excluding carboxylic acids is 1. The molecule has 0 saturated carbocycles. The van der Waals surface area contributed by atoms with Crippen molar-refractivity contribution in [2.75, 3.05) is 0 Å². The molecule has 0 N–H and O–H groups in total. The summed E-state index contributed by atoms with van der Waals surface area (Å²) in [6.45, 7) is 14.0. The topological polar surface area (TPSA) is 54.0 Å². The Morgan fingerprint density at radius 2 is 1.54 bits per heavy atom. The third-order valence-electron chi connectivity index (χ3n) is 8.63. The molecular formula is C30H51IO5Si. The molecule has 7 heteroatoms. The molecule has 3 rings (SSSR count). The quantitative estimate of drug-likeness (QED) is 0.126. The SMILES string of the molecule is CC(C)[Si](O[C@H]1C[C@H]2CC(=O)O[C@@H](/C=C/I)C/C=C/CC[C@H]3CCC[C@@H](C[C@@H](C1)O2)O3)(C(C)C)C(C)C. The van der Waals surface area contributed by atoms with Crippen LogP contribution in [0.25, 0.3) is 0 Å². The highest BCUT2D eigenvalue weighted by Crippen LogP contribution is 2.45. The van der Waals surface area contributed by atoms with Gasteiger partial charge in [0, 0.05) is 6.42 Å². The van der Waals surface area contributed by atoms with Gasteiger partial charge in [-0.2, -0.15) is 0 Å². The average molecular weight is 647 g/mol. The van der Waals surface area contributed by atoms with Crippen molar-refractivity contribution >= 4 is 36.9 Å². The van der Waals surface area contributed by atoms with Gasteiger partial charge in [-0.3, -0.25) is 4.79 Å². The summed E-state index contributed by atoms with van der Waals surface area (Å²) in [6, 6.07) is 0. The Labute approximate surface area is 240 Å². The lowest BCUT2D eigenvalue weighted by Crippen LogP contribution is -2.53. The summed E-state index contributed by atoms with van der Waals surface area (Å²) in [5.41, 5.74) is 1.58. The fraction of sp³-hybridized carbons (Fsp3) is 0.833. The molecule has 0 unspecified atom stereocenters. The van der Waals surface area contributed by atoms with Crippen molar-refractivity contribution in [2.24, 2.45) is 0 Å². The number of fused-ring (bicyclic) bond motifs is 4. The maximum atomic E-state index is 13.0. The fourth-order valence-electron chi connectivity index (χ4n) is 7.08. The summed E-state index contributed by atoms with van der Waals surface area (Å²) in [5.74, 6) is -0.182. The van der Waals surface area contributed by atoms with Crippen LogP contribution >= 0.6 is 22.6 Å². The number of halogens is 1. The van der Waals surface area contributed by atoms with Gasteiger partial charge in [0.25, 0.3) is 0 Å². The minimum absolute atomic E-state index is 0.0522. The number of ether oxygens (including phenoxy) is 3. The van der Waals surface area contributed by atoms with Gasteiger partial charge in [0.2, 0.25) is 8.32 Å². The van der Waals surface area contributed by atoms with Gasteiger partial charge in [-0.05, 0) is 78.1 Å². The van der Waals surface area contributed by atoms with E-state index in [1.165, 1.54) is 6.42 Å². The molecule has 212 valence electrons. The number of hydrogen-bond acceptors (Lipinski definition) is 5. The molecule has 6 atom stereocenters. The van der Waals surface area contributed by atoms with Gasteiger partial charge in [0.05, 0.1) is 36.9 Å². The van der Waals surface area contributed by atoms with E-state index in [0.717, 1.165) is 44.9 Å². The molecule has 3 aliphatic rings. The molecule has 0 radical (unpaired) electrons. The second kappa shape index (κ2) is 15.0. The summed E-state index contributed by atoms with van der Waals surface area (Å²) in [6.07, 6.45) is 15.6. The van der Waals surface area contributed by atoms with E-state index in [2.05, 4.69) is 76.3 Å². The van der Waals surface area contributed by atoms with Crippen LogP contribution in [-0.4, -0.2) is 50.9 Å². The first-order valence-corrected chi connectivity index (χ1v) is 18.1. The van der Waals surface area contributed by atoms with Crippen LogP contribution in [0.2, 0.25) is 16.6 Å². The Morgan fingerprint density at radius 3 is 2.22 bits per heavy atom. The van der Waals surface area contributed by atoms with Crippen molar-refractivity contribution < 1.29 is 23.4 Å². The van der Waals surface area contributed by atoms with Crippen LogP contribution in [0.5, 0.6) is 0 Å². The molecule has 4 bridgehead atoms. The molecule has 3 heterocycles. The zero-order chi connectivity index (χ0) is 27.0. The third-order valence-corrected chi connectivity index (χ3v) is 15.2. The molecule has 5 nitrogen and oxygen atoms in total. The molecule has 2 fully saturated rings. The number of allylic oxidation sites excluding steroid dienone is 1. The molecule has 0 aromatic rings. The number of hydrogen-bond donors (Lipinski definition) is 0. The molecule has 3 aliphatic heterocycles. The first-order valence-electron chi connectivity index (χ1n) is 14.7. The van der Waals surface area contributed by atoms with E-state index in [9.17, 15) is 4.79 Å². The first kappa shape index (κ1) is 31.3. The lowest BCUT2D eigenvalue weighted by Gasteiger charge is -2.47. The zero-order valence-electron chi connectivity index (χ0n) is 24.0. The predicted molar refractivity (Wildman–Crippen MR) is 162 cm³/mol. The lowest BCUT2D eigenvalue weighted by atomic mass is 9.92. The predicted octanol–water partition coefficient (Wildman–Crippen LogP) is 8.41. The highest BCUT2D eigenvalue weighted by molar-refractivity contribution is 14.1. The van der Waals surface area contributed by atoms with E-state index in [0.29, 0.717) is 29.1 Å². The van der Waals surface area contributed by atoms with Gasteiger partial charge >= 0.3 is 5.97 Å². The molecule has 0 spiro atoms. The van der Waals surface area contributed by atoms with E-state index in [1.807, 2.05) is 10.2 Å². The third kappa shape index (κ3) is 8.89.